The number of aryl methyl sites for hydroxylation is 1. The predicted molar refractivity (Wildman–Crippen MR) is 135 cm³/mol. The summed E-state index contributed by atoms with van der Waals surface area (Å²) in [4.78, 5) is 23.9. The number of amides is 1. The molecule has 2 aromatic carbocycles. The number of methoxy groups -OCH3 is 1. The van der Waals surface area contributed by atoms with Gasteiger partial charge >= 0.3 is 0 Å². The Morgan fingerprint density at radius 2 is 2.13 bits per heavy atom. The van der Waals surface area contributed by atoms with E-state index in [4.69, 9.17) is 4.74 Å². The van der Waals surface area contributed by atoms with Crippen LogP contribution in [0.15, 0.2) is 42.7 Å². The maximum atomic E-state index is 15.3. The number of carbonyl (C=O) groups is 1. The molecule has 2 N–H and O–H groups in total. The van der Waals surface area contributed by atoms with Gasteiger partial charge in [0, 0.05) is 42.8 Å². The first kappa shape index (κ1) is 24.2. The summed E-state index contributed by atoms with van der Waals surface area (Å²) in [5.74, 6) is -1.65. The van der Waals surface area contributed by atoms with Crippen LogP contribution in [0, 0.1) is 11.6 Å². The zero-order valence-corrected chi connectivity index (χ0v) is 20.4. The molecule has 2 fully saturated rings. The van der Waals surface area contributed by atoms with Gasteiger partial charge in [-0.3, -0.25) is 9.48 Å². The van der Waals surface area contributed by atoms with Gasteiger partial charge in [-0.15, -0.1) is 0 Å². The molecule has 2 aliphatic heterocycles. The minimum absolute atomic E-state index is 0.0233. The first-order valence-corrected chi connectivity index (χ1v) is 12.2. The second kappa shape index (κ2) is 9.60. The number of ether oxygens (including phenoxy) is 1. The van der Waals surface area contributed by atoms with Crippen molar-refractivity contribution in [1.29, 1.82) is 0 Å². The van der Waals surface area contributed by atoms with Crippen molar-refractivity contribution in [2.75, 3.05) is 37.1 Å². The molecule has 0 unspecified atom stereocenters. The van der Waals surface area contributed by atoms with Crippen LogP contribution in [0.5, 0.6) is 5.75 Å². The molecular formula is C26H24F3N7O2. The number of rotatable bonds is 7. The number of alkyl halides is 1. The van der Waals surface area contributed by atoms with Gasteiger partial charge in [0.15, 0.2) is 11.6 Å². The van der Waals surface area contributed by atoms with Crippen molar-refractivity contribution in [2.24, 2.45) is 0 Å². The van der Waals surface area contributed by atoms with Gasteiger partial charge in [-0.25, -0.2) is 23.1 Å². The number of halogens is 3. The number of fused-ring (bicyclic) bond motifs is 3. The molecule has 2 saturated heterocycles. The van der Waals surface area contributed by atoms with Crippen LogP contribution in [-0.2, 0) is 6.54 Å². The van der Waals surface area contributed by atoms with Crippen molar-refractivity contribution < 1.29 is 22.7 Å². The standard InChI is InChI=1S/C26H24F3N7O2/c1-38-21-4-2-3-17(28)22(21)25-30-7-5-19(33-25)26(37)34-20-10-18(29)23-16(12-32-36(23)8-6-27)24(20)35-13-14-9-15(35)11-31-14/h2-5,7,10,12,14-15,31H,6,8-9,11,13H2,1H3,(H,34,37)/t14-,15-/m0/s1. The quantitative estimate of drug-likeness (QED) is 0.382. The predicted octanol–water partition coefficient (Wildman–Crippen LogP) is 3.55. The fourth-order valence-corrected chi connectivity index (χ4v) is 5.39. The van der Waals surface area contributed by atoms with Crippen LogP contribution in [0.4, 0.5) is 24.5 Å². The third kappa shape index (κ3) is 4.01. The first-order chi connectivity index (χ1) is 18.5. The number of hydrogen-bond acceptors (Lipinski definition) is 7. The summed E-state index contributed by atoms with van der Waals surface area (Å²) >= 11 is 0. The molecule has 2 aromatic heterocycles. The molecule has 2 bridgehead atoms. The van der Waals surface area contributed by atoms with E-state index in [0.29, 0.717) is 17.6 Å². The molecule has 9 nitrogen and oxygen atoms in total. The monoisotopic (exact) mass is 523 g/mol. The molecule has 38 heavy (non-hydrogen) atoms. The molecule has 1 amide bonds. The second-order valence-corrected chi connectivity index (χ2v) is 9.26. The third-order valence-corrected chi connectivity index (χ3v) is 7.04. The van der Waals surface area contributed by atoms with Crippen molar-refractivity contribution in [3.63, 3.8) is 0 Å². The van der Waals surface area contributed by atoms with Gasteiger partial charge in [0.25, 0.3) is 5.91 Å². The van der Waals surface area contributed by atoms with Gasteiger partial charge in [-0.2, -0.15) is 5.10 Å². The van der Waals surface area contributed by atoms with Crippen LogP contribution < -0.4 is 20.3 Å². The zero-order chi connectivity index (χ0) is 26.4. The summed E-state index contributed by atoms with van der Waals surface area (Å²) in [5, 5.41) is 10.9. The average molecular weight is 524 g/mol. The van der Waals surface area contributed by atoms with Crippen LogP contribution in [0.3, 0.4) is 0 Å². The number of nitrogens with one attached hydrogen (secondary N) is 2. The fraction of sp³-hybridized carbons (Fsp3) is 0.308. The van der Waals surface area contributed by atoms with Crippen LogP contribution in [-0.4, -0.2) is 64.6 Å². The van der Waals surface area contributed by atoms with Gasteiger partial charge in [0.1, 0.15) is 29.5 Å². The Morgan fingerprint density at radius 3 is 2.87 bits per heavy atom. The van der Waals surface area contributed by atoms with Crippen molar-refractivity contribution in [3.8, 4) is 17.1 Å². The van der Waals surface area contributed by atoms with Crippen LogP contribution >= 0.6 is 0 Å². The van der Waals surface area contributed by atoms with Gasteiger partial charge in [-0.05, 0) is 24.6 Å². The van der Waals surface area contributed by atoms with Crippen molar-refractivity contribution in [1.82, 2.24) is 25.1 Å². The molecule has 4 heterocycles. The highest BCUT2D eigenvalue weighted by Crippen LogP contribution is 2.41. The fourth-order valence-electron chi connectivity index (χ4n) is 5.39. The normalized spacial score (nSPS) is 18.4. The highest BCUT2D eigenvalue weighted by Gasteiger charge is 2.40. The Morgan fingerprint density at radius 1 is 1.26 bits per heavy atom. The number of anilines is 2. The molecule has 4 aromatic rings. The minimum Gasteiger partial charge on any atom is -0.496 e. The Hall–Kier alpha value is -4.19. The Balaban J connectivity index is 1.40. The molecule has 0 radical (unpaired) electrons. The van der Waals surface area contributed by atoms with E-state index >= 15 is 4.39 Å². The van der Waals surface area contributed by atoms with E-state index in [1.165, 1.54) is 48.5 Å². The highest BCUT2D eigenvalue weighted by atomic mass is 19.1. The largest absolute Gasteiger partial charge is 0.496 e. The van der Waals surface area contributed by atoms with E-state index in [0.717, 1.165) is 13.0 Å². The Bertz CT molecular complexity index is 1540. The number of aromatic nitrogens is 4. The SMILES string of the molecule is COc1cccc(F)c1-c1nccc(C(=O)Nc2cc(F)c3c(cnn3CCF)c2N2C[C@@H]3C[C@H]2CN3)n1. The van der Waals surface area contributed by atoms with Gasteiger partial charge < -0.3 is 20.3 Å². The lowest BCUT2D eigenvalue weighted by Gasteiger charge is -2.32. The molecule has 6 rings (SSSR count). The van der Waals surface area contributed by atoms with Crippen molar-refractivity contribution >= 4 is 28.2 Å². The van der Waals surface area contributed by atoms with E-state index in [-0.39, 0.29) is 52.7 Å². The lowest BCUT2D eigenvalue weighted by Crippen LogP contribution is -2.44. The summed E-state index contributed by atoms with van der Waals surface area (Å²) in [6.07, 6.45) is 3.77. The molecule has 0 aliphatic carbocycles. The Labute approximate surface area is 215 Å². The third-order valence-electron chi connectivity index (χ3n) is 7.04. The number of nitrogens with zero attached hydrogens (tertiary/aromatic N) is 5. The minimum atomic E-state index is -0.689. The number of benzene rings is 2. The average Bonchev–Trinajstić information content (AvgIpc) is 3.66. The summed E-state index contributed by atoms with van der Waals surface area (Å²) < 4.78 is 49.6. The lowest BCUT2D eigenvalue weighted by atomic mass is 10.1. The van der Waals surface area contributed by atoms with Crippen molar-refractivity contribution in [3.05, 3.63) is 60.1 Å². The highest BCUT2D eigenvalue weighted by molar-refractivity contribution is 6.09. The molecular weight excluding hydrogens is 499 g/mol. The number of piperazine rings is 1. The Kier molecular flexibility index (Phi) is 6.10. The first-order valence-electron chi connectivity index (χ1n) is 12.2. The zero-order valence-electron chi connectivity index (χ0n) is 20.4. The summed E-state index contributed by atoms with van der Waals surface area (Å²) in [7, 11) is 1.40. The van der Waals surface area contributed by atoms with Crippen LogP contribution in [0.2, 0.25) is 0 Å². The van der Waals surface area contributed by atoms with Crippen LogP contribution in [0.25, 0.3) is 22.3 Å². The number of hydrogen-bond donors (Lipinski definition) is 2. The van der Waals surface area contributed by atoms with Gasteiger partial charge in [-0.1, -0.05) is 6.07 Å². The number of carbonyl (C=O) groups excluding carboxylic acids is 1. The van der Waals surface area contributed by atoms with Crippen LogP contribution in [0.1, 0.15) is 16.9 Å². The smallest absolute Gasteiger partial charge is 0.274 e. The molecule has 0 saturated carbocycles. The van der Waals surface area contributed by atoms with Crippen molar-refractivity contribution in [2.45, 2.75) is 25.0 Å². The van der Waals surface area contributed by atoms with E-state index in [1.807, 2.05) is 0 Å². The molecule has 2 aliphatic rings. The summed E-state index contributed by atoms with van der Waals surface area (Å²) in [6, 6.07) is 7.38. The van der Waals surface area contributed by atoms with E-state index in [1.54, 1.807) is 6.07 Å². The molecule has 12 heteroatoms. The summed E-state index contributed by atoms with van der Waals surface area (Å²) in [5.41, 5.74) is 1.04. The van der Waals surface area contributed by atoms with E-state index in [9.17, 15) is 13.6 Å². The lowest BCUT2D eigenvalue weighted by molar-refractivity contribution is 0.102. The second-order valence-electron chi connectivity index (χ2n) is 9.26. The molecule has 196 valence electrons. The topological polar surface area (TPSA) is 97.2 Å². The maximum absolute atomic E-state index is 15.3. The molecule has 0 spiro atoms. The van der Waals surface area contributed by atoms with E-state index < -0.39 is 24.2 Å². The molecule has 2 atom stereocenters. The summed E-state index contributed by atoms with van der Waals surface area (Å²) in [6.45, 7) is 0.663. The maximum Gasteiger partial charge on any atom is 0.274 e. The van der Waals surface area contributed by atoms with Gasteiger partial charge in [0.2, 0.25) is 0 Å². The van der Waals surface area contributed by atoms with E-state index in [2.05, 4.69) is 30.6 Å². The van der Waals surface area contributed by atoms with Gasteiger partial charge in [0.05, 0.1) is 36.8 Å².